The van der Waals surface area contributed by atoms with Gasteiger partial charge in [-0.1, -0.05) is 6.07 Å². The third kappa shape index (κ3) is 2.32. The molecule has 3 unspecified atom stereocenters. The molecule has 1 aliphatic heterocycles. The number of amides is 1. The zero-order valence-corrected chi connectivity index (χ0v) is 10.7. The van der Waals surface area contributed by atoms with Gasteiger partial charge in [0.25, 0.3) is 5.91 Å². The van der Waals surface area contributed by atoms with Crippen molar-refractivity contribution in [1.29, 1.82) is 0 Å². The van der Waals surface area contributed by atoms with E-state index in [1.165, 1.54) is 0 Å². The van der Waals surface area contributed by atoms with E-state index >= 15 is 0 Å². The van der Waals surface area contributed by atoms with Crippen LogP contribution in [0.2, 0.25) is 0 Å². The van der Waals surface area contributed by atoms with Crippen molar-refractivity contribution in [3.63, 3.8) is 0 Å². The summed E-state index contributed by atoms with van der Waals surface area (Å²) in [6.45, 7) is 3.43. The number of fused-ring (bicyclic) bond motifs is 1. The Morgan fingerprint density at radius 1 is 1.50 bits per heavy atom. The third-order valence-corrected chi connectivity index (χ3v) is 3.09. The molecule has 5 heteroatoms. The van der Waals surface area contributed by atoms with Crippen molar-refractivity contribution < 1.29 is 14.6 Å². The van der Waals surface area contributed by atoms with Crippen LogP contribution in [0.3, 0.4) is 0 Å². The lowest BCUT2D eigenvalue weighted by Crippen LogP contribution is -2.34. The van der Waals surface area contributed by atoms with Gasteiger partial charge in [0.15, 0.2) is 6.10 Å². The summed E-state index contributed by atoms with van der Waals surface area (Å²) in [5.41, 5.74) is 1.56. The molecule has 0 bridgehead atoms. The highest BCUT2D eigenvalue weighted by atomic mass is 16.5. The van der Waals surface area contributed by atoms with E-state index in [0.717, 1.165) is 5.56 Å². The number of ether oxygens (including phenoxy) is 1. The number of hydrogen-bond acceptors (Lipinski definition) is 4. The van der Waals surface area contributed by atoms with Crippen molar-refractivity contribution >= 4 is 11.6 Å². The van der Waals surface area contributed by atoms with Gasteiger partial charge in [-0.05, 0) is 38.6 Å². The molecule has 0 saturated carbocycles. The Bertz CT molecular complexity index is 460. The Hall–Kier alpha value is -1.59. The topological polar surface area (TPSA) is 70.6 Å². The summed E-state index contributed by atoms with van der Waals surface area (Å²) < 4.78 is 5.48. The van der Waals surface area contributed by atoms with E-state index < -0.39 is 12.2 Å². The van der Waals surface area contributed by atoms with Gasteiger partial charge in [0, 0.05) is 0 Å². The van der Waals surface area contributed by atoms with Crippen molar-refractivity contribution in [2.75, 3.05) is 12.4 Å². The summed E-state index contributed by atoms with van der Waals surface area (Å²) in [6.07, 6.45) is -0.993. The molecular formula is C13H18N2O3. The van der Waals surface area contributed by atoms with E-state index in [1.54, 1.807) is 20.9 Å². The number of carbonyl (C=O) groups excluding carboxylic acids is 1. The number of carbonyl (C=O) groups is 1. The Labute approximate surface area is 106 Å². The normalized spacial score (nSPS) is 21.6. The highest BCUT2D eigenvalue weighted by Gasteiger charge is 2.25. The lowest BCUT2D eigenvalue weighted by molar-refractivity contribution is -0.122. The number of benzene rings is 1. The molecule has 2 rings (SSSR count). The molecule has 1 amide bonds. The summed E-state index contributed by atoms with van der Waals surface area (Å²) in [5.74, 6) is 0.504. The zero-order chi connectivity index (χ0) is 13.3. The van der Waals surface area contributed by atoms with Crippen LogP contribution >= 0.6 is 0 Å². The fourth-order valence-corrected chi connectivity index (χ4v) is 2.11. The molecular weight excluding hydrogens is 232 g/mol. The number of nitrogens with one attached hydrogen (secondary N) is 2. The third-order valence-electron chi connectivity index (χ3n) is 3.09. The van der Waals surface area contributed by atoms with Gasteiger partial charge >= 0.3 is 0 Å². The summed E-state index contributed by atoms with van der Waals surface area (Å²) in [5, 5.41) is 15.5. The molecule has 18 heavy (non-hydrogen) atoms. The lowest BCUT2D eigenvalue weighted by Gasteiger charge is -2.26. The van der Waals surface area contributed by atoms with Crippen LogP contribution in [0.15, 0.2) is 18.2 Å². The second kappa shape index (κ2) is 4.96. The second-order valence-electron chi connectivity index (χ2n) is 4.51. The number of hydrogen-bond donors (Lipinski definition) is 3. The van der Waals surface area contributed by atoms with Crippen LogP contribution in [0.5, 0.6) is 5.75 Å². The van der Waals surface area contributed by atoms with Crippen LogP contribution in [0.25, 0.3) is 0 Å². The molecule has 0 aliphatic carbocycles. The zero-order valence-electron chi connectivity index (χ0n) is 10.7. The fraction of sp³-hybridized carbons (Fsp3) is 0.462. The van der Waals surface area contributed by atoms with Crippen molar-refractivity contribution in [3.05, 3.63) is 23.8 Å². The monoisotopic (exact) mass is 250 g/mol. The number of aliphatic hydroxyl groups is 1. The molecule has 0 saturated heterocycles. The Balaban J connectivity index is 2.32. The molecule has 0 aromatic heterocycles. The first-order valence-electron chi connectivity index (χ1n) is 5.99. The molecule has 3 N–H and O–H groups in total. The number of likely N-dealkylation sites (N-methyl/N-ethyl adjacent to an activating group) is 1. The molecule has 3 atom stereocenters. The van der Waals surface area contributed by atoms with E-state index in [4.69, 9.17) is 4.74 Å². The minimum atomic E-state index is -0.521. The summed E-state index contributed by atoms with van der Waals surface area (Å²) in [6, 6.07) is 5.35. The summed E-state index contributed by atoms with van der Waals surface area (Å²) in [4.78, 5) is 11.5. The van der Waals surface area contributed by atoms with E-state index in [9.17, 15) is 9.90 Å². The predicted molar refractivity (Wildman–Crippen MR) is 68.6 cm³/mol. The molecule has 1 aromatic rings. The highest BCUT2D eigenvalue weighted by molar-refractivity contribution is 5.97. The first-order valence-corrected chi connectivity index (χ1v) is 5.99. The standard InChI is InChI=1S/C13H18N2O3/c1-7(16)12(14-3)9-4-5-11-10(6-9)15-13(17)8(2)18-11/h4-8,12,14,16H,1-3H3,(H,15,17). The van der Waals surface area contributed by atoms with Crippen LogP contribution in [0, 0.1) is 0 Å². The Morgan fingerprint density at radius 2 is 2.22 bits per heavy atom. The Morgan fingerprint density at radius 3 is 2.83 bits per heavy atom. The van der Waals surface area contributed by atoms with Crippen LogP contribution in [-0.4, -0.2) is 30.3 Å². The van der Waals surface area contributed by atoms with E-state index in [2.05, 4.69) is 10.6 Å². The maximum Gasteiger partial charge on any atom is 0.265 e. The first kappa shape index (κ1) is 12.9. The second-order valence-corrected chi connectivity index (χ2v) is 4.51. The molecule has 1 aromatic carbocycles. The van der Waals surface area contributed by atoms with Gasteiger partial charge in [-0.3, -0.25) is 4.79 Å². The molecule has 0 radical (unpaired) electrons. The minimum absolute atomic E-state index is 0.155. The van der Waals surface area contributed by atoms with Crippen molar-refractivity contribution in [3.8, 4) is 5.75 Å². The van der Waals surface area contributed by atoms with Gasteiger partial charge in [0.2, 0.25) is 0 Å². The molecule has 0 fully saturated rings. The summed E-state index contributed by atoms with van der Waals surface area (Å²) >= 11 is 0. The fourth-order valence-electron chi connectivity index (χ4n) is 2.11. The maximum atomic E-state index is 11.5. The lowest BCUT2D eigenvalue weighted by atomic mass is 10.0. The van der Waals surface area contributed by atoms with Crippen molar-refractivity contribution in [1.82, 2.24) is 5.32 Å². The molecule has 5 nitrogen and oxygen atoms in total. The maximum absolute atomic E-state index is 11.5. The number of anilines is 1. The minimum Gasteiger partial charge on any atom is -0.479 e. The van der Waals surface area contributed by atoms with Crippen LogP contribution in [-0.2, 0) is 4.79 Å². The molecule has 1 heterocycles. The number of rotatable bonds is 3. The van der Waals surface area contributed by atoms with E-state index in [-0.39, 0.29) is 11.9 Å². The van der Waals surface area contributed by atoms with Crippen LogP contribution in [0.4, 0.5) is 5.69 Å². The van der Waals surface area contributed by atoms with Crippen LogP contribution in [0.1, 0.15) is 25.5 Å². The van der Waals surface area contributed by atoms with Gasteiger partial charge in [0.05, 0.1) is 17.8 Å². The van der Waals surface area contributed by atoms with E-state index in [0.29, 0.717) is 11.4 Å². The van der Waals surface area contributed by atoms with Gasteiger partial charge < -0.3 is 20.5 Å². The summed E-state index contributed by atoms with van der Waals surface area (Å²) in [7, 11) is 1.79. The van der Waals surface area contributed by atoms with E-state index in [1.807, 2.05) is 18.2 Å². The number of aliphatic hydroxyl groups excluding tert-OH is 1. The largest absolute Gasteiger partial charge is 0.479 e. The average Bonchev–Trinajstić information content (AvgIpc) is 2.31. The van der Waals surface area contributed by atoms with Gasteiger partial charge in [-0.15, -0.1) is 0 Å². The average molecular weight is 250 g/mol. The van der Waals surface area contributed by atoms with Crippen molar-refractivity contribution in [2.45, 2.75) is 32.1 Å². The van der Waals surface area contributed by atoms with Gasteiger partial charge in [-0.2, -0.15) is 0 Å². The SMILES string of the molecule is CNC(c1ccc2c(c1)NC(=O)C(C)O2)C(C)O. The van der Waals surface area contributed by atoms with Gasteiger partial charge in [-0.25, -0.2) is 0 Å². The van der Waals surface area contributed by atoms with Crippen LogP contribution < -0.4 is 15.4 Å². The highest BCUT2D eigenvalue weighted by Crippen LogP contribution is 2.32. The molecule has 0 spiro atoms. The van der Waals surface area contributed by atoms with Gasteiger partial charge in [0.1, 0.15) is 5.75 Å². The first-order chi connectivity index (χ1) is 8.52. The van der Waals surface area contributed by atoms with Crippen molar-refractivity contribution in [2.24, 2.45) is 0 Å². The molecule has 1 aliphatic rings. The predicted octanol–water partition coefficient (Wildman–Crippen LogP) is 1.05. The quantitative estimate of drug-likeness (QED) is 0.750. The molecule has 98 valence electrons. The smallest absolute Gasteiger partial charge is 0.265 e. The Kier molecular flexibility index (Phi) is 3.54.